The van der Waals surface area contributed by atoms with Gasteiger partial charge in [0.15, 0.2) is 0 Å². The molecule has 6 nitrogen and oxygen atoms in total. The molecule has 1 aromatic carbocycles. The first-order valence-corrected chi connectivity index (χ1v) is 11.1. The lowest BCUT2D eigenvalue weighted by Gasteiger charge is -2.46. The summed E-state index contributed by atoms with van der Waals surface area (Å²) in [6, 6.07) is 6.62. The standard InChI is InChI=1S/C23H32N2O4/c1-27-20-4-2-3-16-7-13-29-23(21(16)20)8-11-25(12-9-23)22(26)17-5-6-19-18(15-17)24-10-14-28-19/h2-4,17-19,24H,5-15H2,1H3/t17-,18+,19+/m0/s1. The minimum atomic E-state index is -0.312. The van der Waals surface area contributed by atoms with Gasteiger partial charge in [-0.3, -0.25) is 4.79 Å². The lowest BCUT2D eigenvalue weighted by atomic mass is 9.78. The number of likely N-dealkylation sites (tertiary alicyclic amines) is 1. The number of carbonyl (C=O) groups excluding carboxylic acids is 1. The number of hydrogen-bond acceptors (Lipinski definition) is 5. The molecule has 0 bridgehead atoms. The van der Waals surface area contributed by atoms with Gasteiger partial charge in [-0.25, -0.2) is 0 Å². The van der Waals surface area contributed by atoms with Gasteiger partial charge in [0.25, 0.3) is 0 Å². The van der Waals surface area contributed by atoms with E-state index in [0.29, 0.717) is 11.9 Å². The number of carbonyl (C=O) groups is 1. The Morgan fingerprint density at radius 2 is 2.10 bits per heavy atom. The second kappa shape index (κ2) is 7.89. The third-order valence-electron chi connectivity index (χ3n) is 7.40. The highest BCUT2D eigenvalue weighted by atomic mass is 16.5. The number of fused-ring (bicyclic) bond motifs is 3. The van der Waals surface area contributed by atoms with Crippen LogP contribution >= 0.6 is 0 Å². The van der Waals surface area contributed by atoms with Crippen LogP contribution in [0.1, 0.15) is 43.2 Å². The fourth-order valence-corrected chi connectivity index (χ4v) is 5.88. The molecule has 1 amide bonds. The van der Waals surface area contributed by atoms with E-state index in [-0.39, 0.29) is 17.6 Å². The van der Waals surface area contributed by atoms with E-state index < -0.39 is 0 Å². The van der Waals surface area contributed by atoms with Crippen LogP contribution in [0.2, 0.25) is 0 Å². The number of amides is 1. The number of nitrogens with zero attached hydrogens (tertiary/aromatic N) is 1. The quantitative estimate of drug-likeness (QED) is 0.825. The van der Waals surface area contributed by atoms with Gasteiger partial charge in [-0.05, 0) is 50.2 Å². The maximum absolute atomic E-state index is 13.3. The normalized spacial score (nSPS) is 31.1. The lowest BCUT2D eigenvalue weighted by Crippen LogP contribution is -2.55. The van der Waals surface area contributed by atoms with Crippen molar-refractivity contribution in [1.29, 1.82) is 0 Å². The number of methoxy groups -OCH3 is 1. The highest BCUT2D eigenvalue weighted by Crippen LogP contribution is 2.46. The molecule has 1 N–H and O–H groups in total. The van der Waals surface area contributed by atoms with Gasteiger partial charge in [-0.1, -0.05) is 12.1 Å². The second-order valence-electron chi connectivity index (χ2n) is 8.89. The molecule has 29 heavy (non-hydrogen) atoms. The van der Waals surface area contributed by atoms with Crippen molar-refractivity contribution in [2.45, 2.75) is 56.3 Å². The van der Waals surface area contributed by atoms with Crippen LogP contribution in [0.15, 0.2) is 18.2 Å². The number of rotatable bonds is 2. The number of piperidine rings is 1. The van der Waals surface area contributed by atoms with Gasteiger partial charge in [0.1, 0.15) is 11.4 Å². The van der Waals surface area contributed by atoms with Gasteiger partial charge in [0, 0.05) is 37.2 Å². The fraction of sp³-hybridized carbons (Fsp3) is 0.696. The first kappa shape index (κ1) is 19.3. The van der Waals surface area contributed by atoms with E-state index in [9.17, 15) is 4.79 Å². The Morgan fingerprint density at radius 1 is 1.24 bits per heavy atom. The van der Waals surface area contributed by atoms with Gasteiger partial charge >= 0.3 is 0 Å². The molecule has 0 unspecified atom stereocenters. The molecule has 1 saturated carbocycles. The monoisotopic (exact) mass is 400 g/mol. The Bertz CT molecular complexity index is 745. The predicted octanol–water partition coefficient (Wildman–Crippen LogP) is 2.24. The Labute approximate surface area is 172 Å². The maximum atomic E-state index is 13.3. The molecule has 6 heteroatoms. The van der Waals surface area contributed by atoms with Gasteiger partial charge in [0.2, 0.25) is 5.91 Å². The highest BCUT2D eigenvalue weighted by molar-refractivity contribution is 5.79. The third kappa shape index (κ3) is 3.45. The molecule has 0 radical (unpaired) electrons. The van der Waals surface area contributed by atoms with Crippen molar-refractivity contribution >= 4 is 5.91 Å². The van der Waals surface area contributed by atoms with Crippen LogP contribution in [-0.2, 0) is 26.3 Å². The Balaban J connectivity index is 1.27. The van der Waals surface area contributed by atoms with Crippen molar-refractivity contribution in [3.8, 4) is 5.75 Å². The topological polar surface area (TPSA) is 60.0 Å². The Morgan fingerprint density at radius 3 is 2.93 bits per heavy atom. The Kier molecular flexibility index (Phi) is 5.26. The minimum Gasteiger partial charge on any atom is -0.496 e. The van der Waals surface area contributed by atoms with Crippen molar-refractivity contribution in [1.82, 2.24) is 10.2 Å². The van der Waals surface area contributed by atoms with Gasteiger partial charge in [0.05, 0.1) is 26.4 Å². The van der Waals surface area contributed by atoms with E-state index in [1.165, 1.54) is 11.1 Å². The number of nitrogens with one attached hydrogen (secondary N) is 1. The van der Waals surface area contributed by atoms with E-state index >= 15 is 0 Å². The molecule has 3 aliphatic heterocycles. The zero-order chi connectivity index (χ0) is 19.8. The van der Waals surface area contributed by atoms with Crippen LogP contribution in [0, 0.1) is 5.92 Å². The molecule has 1 aromatic rings. The average Bonchev–Trinajstić information content (AvgIpc) is 2.78. The third-order valence-corrected chi connectivity index (χ3v) is 7.40. The summed E-state index contributed by atoms with van der Waals surface area (Å²) in [5.41, 5.74) is 2.23. The molecule has 3 heterocycles. The van der Waals surface area contributed by atoms with Gasteiger partial charge < -0.3 is 24.4 Å². The summed E-state index contributed by atoms with van der Waals surface area (Å²) in [6.07, 6.45) is 5.72. The van der Waals surface area contributed by atoms with Gasteiger partial charge in [-0.15, -0.1) is 0 Å². The van der Waals surface area contributed by atoms with E-state index in [4.69, 9.17) is 14.2 Å². The first-order valence-electron chi connectivity index (χ1n) is 11.1. The molecule has 0 aromatic heterocycles. The molecule has 1 aliphatic carbocycles. The smallest absolute Gasteiger partial charge is 0.225 e. The predicted molar refractivity (Wildman–Crippen MR) is 109 cm³/mol. The van der Waals surface area contributed by atoms with Gasteiger partial charge in [-0.2, -0.15) is 0 Å². The van der Waals surface area contributed by atoms with Crippen molar-refractivity contribution in [3.05, 3.63) is 29.3 Å². The molecule has 158 valence electrons. The number of ether oxygens (including phenoxy) is 3. The van der Waals surface area contributed by atoms with Crippen molar-refractivity contribution in [2.24, 2.45) is 5.92 Å². The van der Waals surface area contributed by atoms with Crippen molar-refractivity contribution in [3.63, 3.8) is 0 Å². The molecule has 1 spiro atoms. The van der Waals surface area contributed by atoms with Crippen molar-refractivity contribution < 1.29 is 19.0 Å². The van der Waals surface area contributed by atoms with Crippen LogP contribution in [0.25, 0.3) is 0 Å². The second-order valence-corrected chi connectivity index (χ2v) is 8.89. The number of morpholine rings is 1. The largest absolute Gasteiger partial charge is 0.496 e. The van der Waals surface area contributed by atoms with Crippen LogP contribution in [-0.4, -0.2) is 62.9 Å². The summed E-state index contributed by atoms with van der Waals surface area (Å²) in [7, 11) is 1.73. The highest BCUT2D eigenvalue weighted by Gasteiger charge is 2.45. The van der Waals surface area contributed by atoms with E-state index in [1.54, 1.807) is 7.11 Å². The Hall–Kier alpha value is -1.63. The minimum absolute atomic E-state index is 0.119. The molecule has 4 aliphatic rings. The summed E-state index contributed by atoms with van der Waals surface area (Å²) < 4.78 is 17.9. The summed E-state index contributed by atoms with van der Waals surface area (Å²) in [4.78, 5) is 15.3. The van der Waals surface area contributed by atoms with Crippen LogP contribution in [0.3, 0.4) is 0 Å². The van der Waals surface area contributed by atoms with Crippen molar-refractivity contribution in [2.75, 3.05) is 40.0 Å². The number of hydrogen-bond donors (Lipinski definition) is 1. The first-order chi connectivity index (χ1) is 14.2. The van der Waals surface area contributed by atoms with Crippen LogP contribution in [0.4, 0.5) is 0 Å². The summed E-state index contributed by atoms with van der Waals surface area (Å²) in [5, 5.41) is 3.55. The molecular weight excluding hydrogens is 368 g/mol. The zero-order valence-corrected chi connectivity index (χ0v) is 17.3. The van der Waals surface area contributed by atoms with Crippen LogP contribution in [0.5, 0.6) is 5.75 Å². The molecule has 2 saturated heterocycles. The summed E-state index contributed by atoms with van der Waals surface area (Å²) in [5.74, 6) is 1.36. The molecule has 3 fully saturated rings. The van der Waals surface area contributed by atoms with E-state index in [0.717, 1.165) is 77.1 Å². The average molecular weight is 401 g/mol. The van der Waals surface area contributed by atoms with Crippen LogP contribution < -0.4 is 10.1 Å². The lowest BCUT2D eigenvalue weighted by molar-refractivity contribution is -0.147. The number of benzene rings is 1. The molecule has 5 rings (SSSR count). The fourth-order valence-electron chi connectivity index (χ4n) is 5.88. The van der Waals surface area contributed by atoms with E-state index in [2.05, 4.69) is 22.3 Å². The van der Waals surface area contributed by atoms with E-state index in [1.807, 2.05) is 6.07 Å². The summed E-state index contributed by atoms with van der Waals surface area (Å²) >= 11 is 0. The maximum Gasteiger partial charge on any atom is 0.225 e. The molecular formula is C23H32N2O4. The SMILES string of the molecule is COc1cccc2c1C1(CCN(C(=O)[C@H]3CC[C@H]4OCCN[C@@H]4C3)CC1)OCC2. The summed E-state index contributed by atoms with van der Waals surface area (Å²) in [6.45, 7) is 3.94. The molecule has 3 atom stereocenters. The zero-order valence-electron chi connectivity index (χ0n) is 17.3.